The number of aromatic nitrogens is 2. The highest BCUT2D eigenvalue weighted by molar-refractivity contribution is 6.32. The van der Waals surface area contributed by atoms with Gasteiger partial charge < -0.3 is 14.8 Å². The van der Waals surface area contributed by atoms with Gasteiger partial charge in [0.2, 0.25) is 5.75 Å². The van der Waals surface area contributed by atoms with Crippen molar-refractivity contribution in [1.82, 2.24) is 9.97 Å². The van der Waals surface area contributed by atoms with E-state index >= 15 is 0 Å². The summed E-state index contributed by atoms with van der Waals surface area (Å²) in [4.78, 5) is 19.7. The van der Waals surface area contributed by atoms with Crippen LogP contribution in [0.5, 0.6) is 11.5 Å². The number of nitrogens with one attached hydrogen (secondary N) is 1. The number of rotatable bonds is 8. The Morgan fingerprint density at radius 3 is 2.69 bits per heavy atom. The highest BCUT2D eigenvalue weighted by Gasteiger charge is 2.24. The van der Waals surface area contributed by atoms with Crippen LogP contribution in [0, 0.1) is 10.1 Å². The fourth-order valence-corrected chi connectivity index (χ4v) is 3.36. The quantitative estimate of drug-likeness (QED) is 0.328. The van der Waals surface area contributed by atoms with E-state index in [-0.39, 0.29) is 11.4 Å². The molecule has 0 spiro atoms. The second-order valence-electron chi connectivity index (χ2n) is 6.10. The first-order valence-electron chi connectivity index (χ1n) is 8.66. The summed E-state index contributed by atoms with van der Waals surface area (Å²) in [5.41, 5.74) is 1.90. The van der Waals surface area contributed by atoms with Crippen LogP contribution in [0.4, 0.5) is 11.5 Å². The predicted octanol–water partition coefficient (Wildman–Crippen LogP) is 4.55. The zero-order valence-electron chi connectivity index (χ0n) is 15.9. The van der Waals surface area contributed by atoms with Crippen molar-refractivity contribution in [3.63, 3.8) is 0 Å². The summed E-state index contributed by atoms with van der Waals surface area (Å²) < 4.78 is 10.5. The van der Waals surface area contributed by atoms with Crippen molar-refractivity contribution in [2.45, 2.75) is 13.0 Å². The fraction of sp³-hybridized carbons (Fsp3) is 0.200. The van der Waals surface area contributed by atoms with Crippen molar-refractivity contribution >= 4 is 34.0 Å². The Labute approximate surface area is 172 Å². The van der Waals surface area contributed by atoms with Crippen LogP contribution < -0.4 is 14.8 Å². The third-order valence-corrected chi connectivity index (χ3v) is 4.68. The summed E-state index contributed by atoms with van der Waals surface area (Å²) in [5.74, 6) is 1.23. The van der Waals surface area contributed by atoms with Crippen LogP contribution in [-0.4, -0.2) is 29.1 Å². The SMILES string of the molecule is C=CCc1c(OC)c([N+](=O)[O-])cc2c(NCc3ccc(OC)c(Cl)c3)ncnc12. The molecule has 150 valence electrons. The normalized spacial score (nSPS) is 10.6. The third kappa shape index (κ3) is 4.07. The molecule has 1 heterocycles. The lowest BCUT2D eigenvalue weighted by Gasteiger charge is -2.14. The minimum absolute atomic E-state index is 0.151. The summed E-state index contributed by atoms with van der Waals surface area (Å²) >= 11 is 6.17. The summed E-state index contributed by atoms with van der Waals surface area (Å²) in [6.45, 7) is 4.14. The topological polar surface area (TPSA) is 99.4 Å². The molecule has 0 unspecified atom stereocenters. The van der Waals surface area contributed by atoms with E-state index in [1.807, 2.05) is 6.07 Å². The van der Waals surface area contributed by atoms with E-state index in [0.29, 0.717) is 46.0 Å². The van der Waals surface area contributed by atoms with Crippen LogP contribution in [0.1, 0.15) is 11.1 Å². The predicted molar refractivity (Wildman–Crippen MR) is 112 cm³/mol. The molecule has 8 nitrogen and oxygen atoms in total. The van der Waals surface area contributed by atoms with Crippen molar-refractivity contribution in [1.29, 1.82) is 0 Å². The van der Waals surface area contributed by atoms with Crippen molar-refractivity contribution in [3.05, 3.63) is 69.5 Å². The van der Waals surface area contributed by atoms with E-state index in [0.717, 1.165) is 5.56 Å². The Bertz CT molecular complexity index is 1090. The lowest BCUT2D eigenvalue weighted by atomic mass is 10.0. The van der Waals surface area contributed by atoms with Gasteiger partial charge in [-0.15, -0.1) is 6.58 Å². The number of halogens is 1. The van der Waals surface area contributed by atoms with Gasteiger partial charge in [-0.25, -0.2) is 9.97 Å². The smallest absolute Gasteiger partial charge is 0.312 e. The molecule has 0 bridgehead atoms. The standard InChI is InChI=1S/C20H19ClN4O4/c1-4-5-13-18-14(9-16(25(26)27)19(13)29-3)20(24-11-23-18)22-10-12-6-7-17(28-2)15(21)8-12/h4,6-9,11H,1,5,10H2,2-3H3,(H,22,23,24). The van der Waals surface area contributed by atoms with Crippen molar-refractivity contribution in [2.75, 3.05) is 19.5 Å². The van der Waals surface area contributed by atoms with Crippen LogP contribution >= 0.6 is 11.6 Å². The molecule has 1 aromatic heterocycles. The van der Waals surface area contributed by atoms with Gasteiger partial charge in [-0.2, -0.15) is 0 Å². The second kappa shape index (κ2) is 8.74. The molecule has 3 aromatic rings. The third-order valence-electron chi connectivity index (χ3n) is 4.38. The number of nitro benzene ring substituents is 1. The summed E-state index contributed by atoms with van der Waals surface area (Å²) in [5, 5.41) is 15.8. The molecule has 0 saturated carbocycles. The van der Waals surface area contributed by atoms with E-state index in [9.17, 15) is 10.1 Å². The number of fused-ring (bicyclic) bond motifs is 1. The maximum Gasteiger partial charge on any atom is 0.312 e. The minimum atomic E-state index is -0.481. The van der Waals surface area contributed by atoms with E-state index in [4.69, 9.17) is 21.1 Å². The molecule has 0 atom stereocenters. The first kappa shape index (κ1) is 20.3. The van der Waals surface area contributed by atoms with Crippen LogP contribution in [0.15, 0.2) is 43.2 Å². The lowest BCUT2D eigenvalue weighted by Crippen LogP contribution is -2.05. The molecule has 1 N–H and O–H groups in total. The zero-order valence-corrected chi connectivity index (χ0v) is 16.7. The molecule has 0 fully saturated rings. The number of nitrogens with zero attached hydrogens (tertiary/aromatic N) is 3. The van der Waals surface area contributed by atoms with Crippen LogP contribution in [0.25, 0.3) is 10.9 Å². The number of methoxy groups -OCH3 is 2. The molecule has 0 radical (unpaired) electrons. The zero-order chi connectivity index (χ0) is 21.0. The van der Waals surface area contributed by atoms with E-state index in [1.165, 1.54) is 19.5 Å². The molecule has 0 aliphatic rings. The van der Waals surface area contributed by atoms with Gasteiger partial charge in [0.1, 0.15) is 17.9 Å². The van der Waals surface area contributed by atoms with Crippen LogP contribution in [0.2, 0.25) is 5.02 Å². The average molecular weight is 415 g/mol. The lowest BCUT2D eigenvalue weighted by molar-refractivity contribution is -0.385. The fourth-order valence-electron chi connectivity index (χ4n) is 3.08. The highest BCUT2D eigenvalue weighted by Crippen LogP contribution is 2.38. The largest absolute Gasteiger partial charge is 0.495 e. The molecule has 29 heavy (non-hydrogen) atoms. The van der Waals surface area contributed by atoms with Gasteiger partial charge in [0.15, 0.2) is 0 Å². The number of anilines is 1. The summed E-state index contributed by atoms with van der Waals surface area (Å²) in [6, 6.07) is 6.85. The Balaban J connectivity index is 2.05. The van der Waals surface area contributed by atoms with Crippen molar-refractivity contribution in [2.24, 2.45) is 0 Å². The first-order chi connectivity index (χ1) is 14.0. The monoisotopic (exact) mass is 414 g/mol. The van der Waals surface area contributed by atoms with Crippen LogP contribution in [0.3, 0.4) is 0 Å². The van der Waals surface area contributed by atoms with Crippen LogP contribution in [-0.2, 0) is 13.0 Å². The molecule has 2 aromatic carbocycles. The molecule has 9 heteroatoms. The molecule has 0 amide bonds. The van der Waals surface area contributed by atoms with Gasteiger partial charge in [0.05, 0.1) is 35.1 Å². The van der Waals surface area contributed by atoms with E-state index in [1.54, 1.807) is 25.3 Å². The highest BCUT2D eigenvalue weighted by atomic mass is 35.5. The molecule has 0 saturated heterocycles. The molecular weight excluding hydrogens is 396 g/mol. The Kier molecular flexibility index (Phi) is 6.13. The summed E-state index contributed by atoms with van der Waals surface area (Å²) in [7, 11) is 2.95. The summed E-state index contributed by atoms with van der Waals surface area (Å²) in [6.07, 6.45) is 3.42. The minimum Gasteiger partial charge on any atom is -0.495 e. The van der Waals surface area contributed by atoms with Gasteiger partial charge >= 0.3 is 5.69 Å². The first-order valence-corrected chi connectivity index (χ1v) is 9.04. The number of nitro groups is 1. The molecule has 0 aliphatic heterocycles. The number of hydrogen-bond acceptors (Lipinski definition) is 7. The maximum atomic E-state index is 11.6. The van der Waals surface area contributed by atoms with Gasteiger partial charge in [-0.3, -0.25) is 10.1 Å². The molecule has 3 rings (SSSR count). The maximum absolute atomic E-state index is 11.6. The number of hydrogen-bond donors (Lipinski definition) is 1. The second-order valence-corrected chi connectivity index (χ2v) is 6.51. The molecule has 0 aliphatic carbocycles. The molecular formula is C20H19ClN4O4. The van der Waals surface area contributed by atoms with Gasteiger partial charge in [0.25, 0.3) is 0 Å². The number of ether oxygens (including phenoxy) is 2. The van der Waals surface area contributed by atoms with E-state index in [2.05, 4.69) is 21.9 Å². The van der Waals surface area contributed by atoms with E-state index < -0.39 is 4.92 Å². The number of allylic oxidation sites excluding steroid dienone is 1. The van der Waals surface area contributed by atoms with Gasteiger partial charge in [-0.05, 0) is 24.1 Å². The van der Waals surface area contributed by atoms with Gasteiger partial charge in [0, 0.05) is 18.2 Å². The number of benzene rings is 2. The Morgan fingerprint density at radius 1 is 1.28 bits per heavy atom. The Morgan fingerprint density at radius 2 is 2.07 bits per heavy atom. The Hall–Kier alpha value is -3.39. The van der Waals surface area contributed by atoms with Crippen molar-refractivity contribution < 1.29 is 14.4 Å². The van der Waals surface area contributed by atoms with Crippen molar-refractivity contribution in [3.8, 4) is 11.5 Å². The average Bonchev–Trinajstić information content (AvgIpc) is 2.72. The van der Waals surface area contributed by atoms with Gasteiger partial charge in [-0.1, -0.05) is 23.7 Å².